The van der Waals surface area contributed by atoms with E-state index in [1.54, 1.807) is 11.2 Å². The highest BCUT2D eigenvalue weighted by Gasteiger charge is 2.29. The number of aryl methyl sites for hydroxylation is 1. The Morgan fingerprint density at radius 1 is 1.06 bits per heavy atom. The van der Waals surface area contributed by atoms with Crippen LogP contribution in [0.5, 0.6) is 0 Å². The molecule has 0 fully saturated rings. The molecular weight excluding hydrogens is 413 g/mol. The fourth-order valence-electron chi connectivity index (χ4n) is 3.15. The maximum Gasteiger partial charge on any atom is 0.416 e. The quantitative estimate of drug-likeness (QED) is 0.448. The number of hydrogen-bond donors (Lipinski definition) is 3. The molecule has 2 aromatic heterocycles. The molecule has 0 radical (unpaired) electrons. The van der Waals surface area contributed by atoms with Gasteiger partial charge in [0.1, 0.15) is 0 Å². The van der Waals surface area contributed by atoms with Crippen molar-refractivity contribution in [3.05, 3.63) is 41.7 Å². The number of hydrogen-bond acceptors (Lipinski definition) is 7. The minimum absolute atomic E-state index is 0.135. The molecule has 0 aliphatic rings. The van der Waals surface area contributed by atoms with Crippen molar-refractivity contribution in [3.8, 4) is 0 Å². The molecule has 1 aromatic carbocycles. The third-order valence-corrected chi connectivity index (χ3v) is 4.68. The van der Waals surface area contributed by atoms with Gasteiger partial charge in [0.15, 0.2) is 17.0 Å². The highest BCUT2D eigenvalue weighted by Crippen LogP contribution is 2.29. The molecule has 0 bridgehead atoms. The SMILES string of the molecule is CCCn1cnc2c(NCc3ccc(C(F)(F)F)cc3)nc(N(CCO)CCO)nc21. The van der Waals surface area contributed by atoms with Gasteiger partial charge in [0.05, 0.1) is 25.1 Å². The van der Waals surface area contributed by atoms with Crippen LogP contribution in [0.1, 0.15) is 24.5 Å². The molecule has 0 unspecified atom stereocenters. The van der Waals surface area contributed by atoms with E-state index >= 15 is 0 Å². The first-order valence-corrected chi connectivity index (χ1v) is 9.97. The lowest BCUT2D eigenvalue weighted by Crippen LogP contribution is -2.31. The molecule has 3 aromatic rings. The summed E-state index contributed by atoms with van der Waals surface area (Å²) in [7, 11) is 0. The Morgan fingerprint density at radius 2 is 1.74 bits per heavy atom. The lowest BCUT2D eigenvalue weighted by molar-refractivity contribution is -0.137. The molecule has 0 aliphatic heterocycles. The van der Waals surface area contributed by atoms with E-state index in [1.165, 1.54) is 12.1 Å². The molecule has 0 spiro atoms. The average Bonchev–Trinajstić information content (AvgIpc) is 3.15. The Hall–Kier alpha value is -2.92. The minimum atomic E-state index is -4.38. The van der Waals surface area contributed by atoms with Crippen LogP contribution in [0.4, 0.5) is 24.9 Å². The zero-order valence-corrected chi connectivity index (χ0v) is 17.1. The van der Waals surface area contributed by atoms with Crippen LogP contribution >= 0.6 is 0 Å². The number of aliphatic hydroxyl groups excluding tert-OH is 2. The maximum absolute atomic E-state index is 12.8. The number of imidazole rings is 1. The minimum Gasteiger partial charge on any atom is -0.395 e. The normalized spacial score (nSPS) is 11.8. The van der Waals surface area contributed by atoms with Crippen molar-refractivity contribution < 1.29 is 23.4 Å². The van der Waals surface area contributed by atoms with E-state index in [0.29, 0.717) is 35.0 Å². The molecule has 8 nitrogen and oxygen atoms in total. The number of halogens is 3. The highest BCUT2D eigenvalue weighted by molar-refractivity contribution is 5.84. The van der Waals surface area contributed by atoms with Gasteiger partial charge in [-0.15, -0.1) is 0 Å². The van der Waals surface area contributed by atoms with Crippen LogP contribution in [-0.4, -0.2) is 56.0 Å². The second-order valence-electron chi connectivity index (χ2n) is 6.96. The van der Waals surface area contributed by atoms with Crippen LogP contribution in [0, 0.1) is 0 Å². The molecule has 0 saturated carbocycles. The molecule has 0 aliphatic carbocycles. The lowest BCUT2D eigenvalue weighted by Gasteiger charge is -2.21. The van der Waals surface area contributed by atoms with Crippen LogP contribution < -0.4 is 10.2 Å². The largest absolute Gasteiger partial charge is 0.416 e. The van der Waals surface area contributed by atoms with Crippen molar-refractivity contribution in [2.45, 2.75) is 32.6 Å². The van der Waals surface area contributed by atoms with Gasteiger partial charge in [0.25, 0.3) is 0 Å². The third kappa shape index (κ3) is 5.42. The number of aliphatic hydroxyl groups is 2. The van der Waals surface area contributed by atoms with Crippen LogP contribution in [0.3, 0.4) is 0 Å². The number of aromatic nitrogens is 4. The molecule has 0 saturated heterocycles. The number of rotatable bonds is 10. The topological polar surface area (TPSA) is 99.3 Å². The Labute approximate surface area is 177 Å². The van der Waals surface area contributed by atoms with Gasteiger partial charge in [-0.25, -0.2) is 4.98 Å². The van der Waals surface area contributed by atoms with Gasteiger partial charge in [-0.3, -0.25) is 0 Å². The first-order chi connectivity index (χ1) is 14.9. The smallest absolute Gasteiger partial charge is 0.395 e. The second-order valence-corrected chi connectivity index (χ2v) is 6.96. The molecule has 11 heteroatoms. The van der Waals surface area contributed by atoms with Gasteiger partial charge in [0.2, 0.25) is 5.95 Å². The number of nitrogens with zero attached hydrogens (tertiary/aromatic N) is 5. The van der Waals surface area contributed by atoms with Gasteiger partial charge >= 0.3 is 6.18 Å². The molecule has 2 heterocycles. The van der Waals surface area contributed by atoms with Crippen LogP contribution in [0.15, 0.2) is 30.6 Å². The lowest BCUT2D eigenvalue weighted by atomic mass is 10.1. The second kappa shape index (κ2) is 9.92. The van der Waals surface area contributed by atoms with Gasteiger partial charge in [-0.2, -0.15) is 23.1 Å². The van der Waals surface area contributed by atoms with E-state index < -0.39 is 11.7 Å². The van der Waals surface area contributed by atoms with Crippen molar-refractivity contribution in [1.82, 2.24) is 19.5 Å². The van der Waals surface area contributed by atoms with Crippen LogP contribution in [-0.2, 0) is 19.3 Å². The molecular formula is C20H25F3N6O2. The standard InChI is InChI=1S/C20H25F3N6O2/c1-2-7-29-13-25-16-17(24-12-14-3-5-15(6-4-14)20(21,22)23)26-19(27-18(16)29)28(8-10-30)9-11-31/h3-6,13,30-31H,2,7-12H2,1H3,(H,24,26,27). The number of benzene rings is 1. The fraction of sp³-hybridized carbons (Fsp3) is 0.450. The predicted molar refractivity (Wildman–Crippen MR) is 111 cm³/mol. The zero-order valence-electron chi connectivity index (χ0n) is 17.1. The third-order valence-electron chi connectivity index (χ3n) is 4.68. The summed E-state index contributed by atoms with van der Waals surface area (Å²) in [4.78, 5) is 15.1. The summed E-state index contributed by atoms with van der Waals surface area (Å²) < 4.78 is 40.2. The zero-order chi connectivity index (χ0) is 22.4. The molecule has 0 atom stereocenters. The van der Waals surface area contributed by atoms with Crippen LogP contribution in [0.25, 0.3) is 11.2 Å². The van der Waals surface area contributed by atoms with E-state index in [-0.39, 0.29) is 32.8 Å². The highest BCUT2D eigenvalue weighted by atomic mass is 19.4. The first-order valence-electron chi connectivity index (χ1n) is 9.97. The number of fused-ring (bicyclic) bond motifs is 1. The summed E-state index contributed by atoms with van der Waals surface area (Å²) >= 11 is 0. The van der Waals surface area contributed by atoms with E-state index in [9.17, 15) is 23.4 Å². The maximum atomic E-state index is 12.8. The van der Waals surface area contributed by atoms with Crippen LogP contribution in [0.2, 0.25) is 0 Å². The Morgan fingerprint density at radius 3 is 2.32 bits per heavy atom. The summed E-state index contributed by atoms with van der Waals surface area (Å²) in [6.45, 7) is 3.18. The van der Waals surface area contributed by atoms with Crippen molar-refractivity contribution in [2.24, 2.45) is 0 Å². The number of alkyl halides is 3. The van der Waals surface area contributed by atoms with E-state index in [4.69, 9.17) is 0 Å². The predicted octanol–water partition coefficient (Wildman–Crippen LogP) is 2.66. The monoisotopic (exact) mass is 438 g/mol. The summed E-state index contributed by atoms with van der Waals surface area (Å²) in [5, 5.41) is 21.8. The summed E-state index contributed by atoms with van der Waals surface area (Å²) in [5.41, 5.74) is 1.08. The number of nitrogens with one attached hydrogen (secondary N) is 1. The molecule has 168 valence electrons. The van der Waals surface area contributed by atoms with Crippen molar-refractivity contribution in [2.75, 3.05) is 36.5 Å². The van der Waals surface area contributed by atoms with E-state index in [0.717, 1.165) is 18.6 Å². The molecule has 0 amide bonds. The first kappa shape index (κ1) is 22.8. The average molecular weight is 438 g/mol. The Bertz CT molecular complexity index is 985. The van der Waals surface area contributed by atoms with E-state index in [2.05, 4.69) is 20.3 Å². The molecule has 3 rings (SSSR count). The number of anilines is 2. The summed E-state index contributed by atoms with van der Waals surface area (Å²) in [6.07, 6.45) is -1.84. The molecule has 3 N–H and O–H groups in total. The summed E-state index contributed by atoms with van der Waals surface area (Å²) in [6, 6.07) is 4.90. The van der Waals surface area contributed by atoms with Crippen molar-refractivity contribution in [3.63, 3.8) is 0 Å². The van der Waals surface area contributed by atoms with Gasteiger partial charge in [0, 0.05) is 26.2 Å². The fourth-order valence-corrected chi connectivity index (χ4v) is 3.15. The summed E-state index contributed by atoms with van der Waals surface area (Å²) in [5.74, 6) is 0.749. The van der Waals surface area contributed by atoms with Crippen molar-refractivity contribution in [1.29, 1.82) is 0 Å². The Balaban J connectivity index is 1.92. The van der Waals surface area contributed by atoms with E-state index in [1.807, 2.05) is 11.5 Å². The van der Waals surface area contributed by atoms with Gasteiger partial charge in [-0.1, -0.05) is 19.1 Å². The Kier molecular flexibility index (Phi) is 7.29. The van der Waals surface area contributed by atoms with Gasteiger partial charge < -0.3 is 25.0 Å². The van der Waals surface area contributed by atoms with Gasteiger partial charge in [-0.05, 0) is 24.1 Å². The molecule has 31 heavy (non-hydrogen) atoms. The van der Waals surface area contributed by atoms with Crippen molar-refractivity contribution >= 4 is 22.9 Å².